The van der Waals surface area contributed by atoms with Gasteiger partial charge in [0, 0.05) is 17.3 Å². The van der Waals surface area contributed by atoms with Gasteiger partial charge in [0.15, 0.2) is 0 Å². The molecule has 0 saturated heterocycles. The van der Waals surface area contributed by atoms with E-state index >= 15 is 0 Å². The second-order valence-corrected chi connectivity index (χ2v) is 7.25. The number of rotatable bonds is 5. The van der Waals surface area contributed by atoms with Crippen molar-refractivity contribution >= 4 is 39.1 Å². The van der Waals surface area contributed by atoms with Crippen LogP contribution in [0.3, 0.4) is 0 Å². The number of benzene rings is 2. The molecule has 0 fully saturated rings. The molecule has 6 nitrogen and oxygen atoms in total. The van der Waals surface area contributed by atoms with E-state index in [4.69, 9.17) is 5.11 Å². The monoisotopic (exact) mass is 379 g/mol. The molecule has 3 aromatic rings. The fourth-order valence-corrected chi connectivity index (χ4v) is 3.95. The number of anilines is 1. The molecule has 2 N–H and O–H groups in total. The second kappa shape index (κ2) is 6.94. The first kappa shape index (κ1) is 17.4. The van der Waals surface area contributed by atoms with Gasteiger partial charge in [0.1, 0.15) is 10.7 Å². The summed E-state index contributed by atoms with van der Waals surface area (Å²) < 4.78 is 1.14. The number of imide groups is 1. The third kappa shape index (κ3) is 3.22. The Morgan fingerprint density at radius 1 is 1.19 bits per heavy atom. The van der Waals surface area contributed by atoms with E-state index in [0.717, 1.165) is 36.9 Å². The van der Waals surface area contributed by atoms with Crippen molar-refractivity contribution in [2.75, 3.05) is 18.5 Å². The average molecular weight is 379 g/mol. The minimum Gasteiger partial charge on any atom is -0.395 e. The highest BCUT2D eigenvalue weighted by atomic mass is 32.1. The highest BCUT2D eigenvalue weighted by Crippen LogP contribution is 2.32. The number of para-hydroxylation sites is 1. The molecule has 0 radical (unpaired) electrons. The number of hydrogen-bond acceptors (Lipinski definition) is 6. The number of carbonyl (C=O) groups excluding carboxylic acids is 2. The number of nitrogens with zero attached hydrogens (tertiary/aromatic N) is 2. The summed E-state index contributed by atoms with van der Waals surface area (Å²) in [7, 11) is 0. The van der Waals surface area contributed by atoms with E-state index < -0.39 is 11.8 Å². The van der Waals surface area contributed by atoms with Crippen LogP contribution in [-0.4, -0.2) is 40.0 Å². The minimum absolute atomic E-state index is 0.00509. The van der Waals surface area contributed by atoms with Crippen molar-refractivity contribution in [3.05, 3.63) is 59.8 Å². The molecular weight excluding hydrogens is 362 g/mol. The molecule has 0 bridgehead atoms. The van der Waals surface area contributed by atoms with Crippen LogP contribution in [0.4, 0.5) is 5.69 Å². The lowest BCUT2D eigenvalue weighted by atomic mass is 10.1. The van der Waals surface area contributed by atoms with E-state index in [1.165, 1.54) is 6.08 Å². The molecular formula is C20H17N3O3S. The number of aryl methyl sites for hydroxylation is 1. The Morgan fingerprint density at radius 2 is 2.00 bits per heavy atom. The predicted molar refractivity (Wildman–Crippen MR) is 105 cm³/mol. The first-order valence-corrected chi connectivity index (χ1v) is 9.30. The maximum Gasteiger partial charge on any atom is 0.277 e. The number of aliphatic hydroxyl groups excluding tert-OH is 1. The van der Waals surface area contributed by atoms with Crippen molar-refractivity contribution in [2.24, 2.45) is 0 Å². The van der Waals surface area contributed by atoms with E-state index in [1.54, 1.807) is 11.3 Å². The van der Waals surface area contributed by atoms with Gasteiger partial charge < -0.3 is 10.4 Å². The molecule has 7 heteroatoms. The van der Waals surface area contributed by atoms with Gasteiger partial charge in [-0.1, -0.05) is 12.1 Å². The maximum absolute atomic E-state index is 12.3. The zero-order valence-corrected chi connectivity index (χ0v) is 15.4. The van der Waals surface area contributed by atoms with Crippen molar-refractivity contribution in [1.29, 1.82) is 0 Å². The van der Waals surface area contributed by atoms with Crippen molar-refractivity contribution in [3.63, 3.8) is 0 Å². The van der Waals surface area contributed by atoms with Crippen LogP contribution in [0, 0.1) is 6.92 Å². The quantitative estimate of drug-likeness (QED) is 0.666. The number of fused-ring (bicyclic) bond motifs is 1. The summed E-state index contributed by atoms with van der Waals surface area (Å²) in [6, 6.07) is 13.8. The molecule has 2 heterocycles. The number of aromatic nitrogens is 1. The SMILES string of the molecule is Cc1cc(-c2nc3ccccc3s2)ccc1NC1=CC(=O)N(CCO)C1=O. The molecule has 1 aliphatic rings. The molecule has 2 aromatic carbocycles. The fraction of sp³-hybridized carbons (Fsp3) is 0.150. The van der Waals surface area contributed by atoms with Crippen LogP contribution in [0.5, 0.6) is 0 Å². The topological polar surface area (TPSA) is 82.5 Å². The third-order valence-corrected chi connectivity index (χ3v) is 5.46. The average Bonchev–Trinajstić information content (AvgIpc) is 3.20. The van der Waals surface area contributed by atoms with Gasteiger partial charge in [-0.2, -0.15) is 0 Å². The number of amides is 2. The van der Waals surface area contributed by atoms with Crippen molar-refractivity contribution < 1.29 is 14.7 Å². The molecule has 0 aliphatic carbocycles. The number of nitrogens with one attached hydrogen (secondary N) is 1. The lowest BCUT2D eigenvalue weighted by molar-refractivity contribution is -0.137. The van der Waals surface area contributed by atoms with E-state index in [2.05, 4.69) is 10.3 Å². The molecule has 27 heavy (non-hydrogen) atoms. The number of aliphatic hydroxyl groups is 1. The normalized spacial score (nSPS) is 14.1. The number of hydrogen-bond donors (Lipinski definition) is 2. The summed E-state index contributed by atoms with van der Waals surface area (Å²) in [5, 5.41) is 12.9. The van der Waals surface area contributed by atoms with E-state index in [1.807, 2.05) is 49.4 Å². The smallest absolute Gasteiger partial charge is 0.277 e. The zero-order valence-electron chi connectivity index (χ0n) is 14.6. The molecule has 1 aliphatic heterocycles. The Labute approximate surface area is 159 Å². The summed E-state index contributed by atoms with van der Waals surface area (Å²) >= 11 is 1.63. The van der Waals surface area contributed by atoms with Crippen molar-refractivity contribution in [1.82, 2.24) is 9.88 Å². The van der Waals surface area contributed by atoms with Crippen LogP contribution >= 0.6 is 11.3 Å². The number of carbonyl (C=O) groups is 2. The Hall–Kier alpha value is -3.03. The van der Waals surface area contributed by atoms with Crippen LogP contribution in [0.15, 0.2) is 54.2 Å². The summed E-state index contributed by atoms with van der Waals surface area (Å²) in [6.07, 6.45) is 1.26. The van der Waals surface area contributed by atoms with Crippen LogP contribution in [0.2, 0.25) is 0 Å². The Morgan fingerprint density at radius 3 is 2.74 bits per heavy atom. The highest BCUT2D eigenvalue weighted by molar-refractivity contribution is 7.21. The van der Waals surface area contributed by atoms with Crippen molar-refractivity contribution in [3.8, 4) is 10.6 Å². The molecule has 0 spiro atoms. The Bertz CT molecular complexity index is 1050. The molecule has 1 aromatic heterocycles. The maximum atomic E-state index is 12.3. The predicted octanol–water partition coefficient (Wildman–Crippen LogP) is 2.93. The fourth-order valence-electron chi connectivity index (χ4n) is 2.99. The van der Waals surface area contributed by atoms with Gasteiger partial charge in [0.05, 0.1) is 23.4 Å². The van der Waals surface area contributed by atoms with Crippen LogP contribution in [-0.2, 0) is 9.59 Å². The lowest BCUT2D eigenvalue weighted by Gasteiger charge is -2.14. The van der Waals surface area contributed by atoms with Gasteiger partial charge in [-0.25, -0.2) is 4.98 Å². The molecule has 0 unspecified atom stereocenters. The summed E-state index contributed by atoms with van der Waals surface area (Å²) in [5.41, 5.74) is 3.88. The Balaban J connectivity index is 1.58. The standard InChI is InChI=1S/C20H17N3O3S/c1-12-10-13(19-22-15-4-2-3-5-17(15)27-19)6-7-14(12)21-16-11-18(25)23(8-9-24)20(16)26/h2-7,10-11,21,24H,8-9H2,1H3. The lowest BCUT2D eigenvalue weighted by Crippen LogP contribution is -2.34. The summed E-state index contributed by atoms with van der Waals surface area (Å²) in [6.45, 7) is 1.68. The molecule has 0 atom stereocenters. The van der Waals surface area contributed by atoms with Gasteiger partial charge in [0.25, 0.3) is 11.8 Å². The summed E-state index contributed by atoms with van der Waals surface area (Å²) in [5.74, 6) is -0.844. The first-order valence-electron chi connectivity index (χ1n) is 8.49. The largest absolute Gasteiger partial charge is 0.395 e. The summed E-state index contributed by atoms with van der Waals surface area (Å²) in [4.78, 5) is 29.8. The van der Waals surface area contributed by atoms with Crippen LogP contribution in [0.25, 0.3) is 20.8 Å². The van der Waals surface area contributed by atoms with E-state index in [9.17, 15) is 9.59 Å². The molecule has 136 valence electrons. The van der Waals surface area contributed by atoms with E-state index in [-0.39, 0.29) is 18.8 Å². The second-order valence-electron chi connectivity index (χ2n) is 6.22. The first-order chi connectivity index (χ1) is 13.1. The Kier molecular flexibility index (Phi) is 4.47. The minimum atomic E-state index is -0.427. The van der Waals surface area contributed by atoms with Crippen LogP contribution < -0.4 is 5.32 Å². The molecule has 4 rings (SSSR count). The van der Waals surface area contributed by atoms with Gasteiger partial charge in [-0.05, 0) is 42.8 Å². The number of β-amino-alcohol motifs (C(OH)–C–C–N with tert-alkyl or cyclic N) is 1. The third-order valence-electron chi connectivity index (χ3n) is 4.37. The molecule has 0 saturated carbocycles. The van der Waals surface area contributed by atoms with Gasteiger partial charge in [0.2, 0.25) is 0 Å². The number of thiazole rings is 1. The van der Waals surface area contributed by atoms with Gasteiger partial charge in [-0.3, -0.25) is 14.5 Å². The van der Waals surface area contributed by atoms with Gasteiger partial charge in [-0.15, -0.1) is 11.3 Å². The van der Waals surface area contributed by atoms with E-state index in [0.29, 0.717) is 0 Å². The van der Waals surface area contributed by atoms with Gasteiger partial charge >= 0.3 is 0 Å². The highest BCUT2D eigenvalue weighted by Gasteiger charge is 2.30. The zero-order chi connectivity index (χ0) is 19.0. The van der Waals surface area contributed by atoms with Crippen molar-refractivity contribution in [2.45, 2.75) is 6.92 Å². The molecule has 2 amide bonds. The van der Waals surface area contributed by atoms with Crippen LogP contribution in [0.1, 0.15) is 5.56 Å².